The topological polar surface area (TPSA) is 37.3 Å². The van der Waals surface area contributed by atoms with Gasteiger partial charge in [0.05, 0.1) is 0 Å². The zero-order valence-corrected chi connectivity index (χ0v) is 5.22. The molecular formula is C7H8O2. The van der Waals surface area contributed by atoms with Crippen molar-refractivity contribution >= 4 is 5.97 Å². The molecule has 1 N–H and O–H groups in total. The van der Waals surface area contributed by atoms with Crippen LogP contribution in [-0.2, 0) is 4.79 Å². The Kier molecular flexibility index (Phi) is 4.25. The zero-order chi connectivity index (χ0) is 7.11. The van der Waals surface area contributed by atoms with Crippen molar-refractivity contribution in [3.8, 4) is 11.8 Å². The third-order valence-corrected chi connectivity index (χ3v) is 0.657. The summed E-state index contributed by atoms with van der Waals surface area (Å²) >= 11 is 0. The van der Waals surface area contributed by atoms with Gasteiger partial charge in [-0.25, -0.2) is 4.79 Å². The van der Waals surface area contributed by atoms with E-state index in [0.29, 0.717) is 6.42 Å². The first-order valence-corrected chi connectivity index (χ1v) is 2.56. The van der Waals surface area contributed by atoms with Crippen LogP contribution in [0.2, 0.25) is 0 Å². The molecule has 0 aromatic heterocycles. The summed E-state index contributed by atoms with van der Waals surface area (Å²) in [5.41, 5.74) is 0. The largest absolute Gasteiger partial charge is 0.478 e. The Bertz CT molecular complexity index is 169. The monoisotopic (exact) mass is 124 g/mol. The molecule has 0 saturated heterocycles. The third kappa shape index (κ3) is 6.77. The molecule has 0 bridgehead atoms. The van der Waals surface area contributed by atoms with E-state index in [9.17, 15) is 4.79 Å². The first-order valence-electron chi connectivity index (χ1n) is 2.56. The van der Waals surface area contributed by atoms with Gasteiger partial charge in [-0.3, -0.25) is 0 Å². The molecule has 0 aliphatic rings. The minimum absolute atomic E-state index is 0.517. The van der Waals surface area contributed by atoms with Gasteiger partial charge in [-0.2, -0.15) is 0 Å². The second kappa shape index (κ2) is 4.92. The summed E-state index contributed by atoms with van der Waals surface area (Å²) in [6.45, 7) is 1.72. The number of carboxylic acids is 1. The van der Waals surface area contributed by atoms with Gasteiger partial charge in [0.15, 0.2) is 0 Å². The van der Waals surface area contributed by atoms with Crippen LogP contribution < -0.4 is 0 Å². The summed E-state index contributed by atoms with van der Waals surface area (Å²) in [5.74, 6) is 4.43. The predicted octanol–water partition coefficient (Wildman–Crippen LogP) is 1.04. The van der Waals surface area contributed by atoms with E-state index in [2.05, 4.69) is 11.8 Å². The van der Waals surface area contributed by atoms with Gasteiger partial charge >= 0.3 is 5.97 Å². The number of aliphatic carboxylic acids is 1. The molecule has 0 amide bonds. The fraction of sp³-hybridized carbons (Fsp3) is 0.286. The molecule has 0 aromatic carbocycles. The van der Waals surface area contributed by atoms with E-state index in [1.54, 1.807) is 6.92 Å². The van der Waals surface area contributed by atoms with Crippen molar-refractivity contribution in [2.24, 2.45) is 0 Å². The summed E-state index contributed by atoms with van der Waals surface area (Å²) in [4.78, 5) is 9.83. The highest BCUT2D eigenvalue weighted by atomic mass is 16.4. The molecule has 0 spiro atoms. The van der Waals surface area contributed by atoms with Gasteiger partial charge in [-0.15, -0.1) is 5.92 Å². The lowest BCUT2D eigenvalue weighted by Crippen LogP contribution is -1.84. The Morgan fingerprint density at radius 2 is 2.44 bits per heavy atom. The minimum atomic E-state index is -0.923. The Morgan fingerprint density at radius 3 is 2.89 bits per heavy atom. The highest BCUT2D eigenvalue weighted by Crippen LogP contribution is 1.78. The van der Waals surface area contributed by atoms with Crippen molar-refractivity contribution in [1.82, 2.24) is 0 Å². The summed E-state index contributed by atoms with van der Waals surface area (Å²) in [6.07, 6.45) is 3.12. The van der Waals surface area contributed by atoms with Crippen LogP contribution in [0, 0.1) is 11.8 Å². The molecule has 48 valence electrons. The fourth-order valence-electron chi connectivity index (χ4n) is 0.321. The van der Waals surface area contributed by atoms with Crippen LogP contribution in [0.3, 0.4) is 0 Å². The van der Waals surface area contributed by atoms with Gasteiger partial charge in [0.2, 0.25) is 0 Å². The number of carbonyl (C=O) groups is 1. The Labute approximate surface area is 54.2 Å². The van der Waals surface area contributed by atoms with E-state index in [1.807, 2.05) is 0 Å². The van der Waals surface area contributed by atoms with Crippen molar-refractivity contribution in [2.45, 2.75) is 13.3 Å². The van der Waals surface area contributed by atoms with Crippen molar-refractivity contribution in [3.63, 3.8) is 0 Å². The SMILES string of the molecule is CC#CCC=CC(=O)O. The molecule has 2 nitrogen and oxygen atoms in total. The highest BCUT2D eigenvalue weighted by Gasteiger charge is 1.80. The van der Waals surface area contributed by atoms with Crippen LogP contribution in [0.5, 0.6) is 0 Å². The van der Waals surface area contributed by atoms with E-state index in [-0.39, 0.29) is 0 Å². The Balaban J connectivity index is 3.44. The average Bonchev–Trinajstić information content (AvgIpc) is 1.80. The molecule has 0 aromatic rings. The fourth-order valence-corrected chi connectivity index (χ4v) is 0.321. The van der Waals surface area contributed by atoms with E-state index < -0.39 is 5.97 Å². The predicted molar refractivity (Wildman–Crippen MR) is 34.8 cm³/mol. The lowest BCUT2D eigenvalue weighted by Gasteiger charge is -1.74. The van der Waals surface area contributed by atoms with Crippen LogP contribution in [0.15, 0.2) is 12.2 Å². The summed E-state index contributed by atoms with van der Waals surface area (Å²) in [7, 11) is 0. The first-order chi connectivity index (χ1) is 4.27. The van der Waals surface area contributed by atoms with Crippen LogP contribution in [0.1, 0.15) is 13.3 Å². The number of allylic oxidation sites excluding steroid dienone is 1. The number of carboxylic acid groups (broad SMARTS) is 1. The standard InChI is InChI=1S/C7H8O2/c1-2-3-4-5-6-7(8)9/h5-6H,4H2,1H3,(H,8,9). The molecule has 0 fully saturated rings. The Morgan fingerprint density at radius 1 is 1.78 bits per heavy atom. The second-order valence-corrected chi connectivity index (χ2v) is 1.37. The summed E-state index contributed by atoms with van der Waals surface area (Å²) < 4.78 is 0. The first kappa shape index (κ1) is 7.77. The molecule has 0 aliphatic heterocycles. The van der Waals surface area contributed by atoms with Crippen LogP contribution >= 0.6 is 0 Å². The number of hydrogen-bond donors (Lipinski definition) is 1. The van der Waals surface area contributed by atoms with Gasteiger partial charge in [-0.05, 0) is 6.92 Å². The van der Waals surface area contributed by atoms with Gasteiger partial charge in [0.25, 0.3) is 0 Å². The minimum Gasteiger partial charge on any atom is -0.478 e. The van der Waals surface area contributed by atoms with Gasteiger partial charge in [0, 0.05) is 12.5 Å². The summed E-state index contributed by atoms with van der Waals surface area (Å²) in [5, 5.41) is 8.08. The van der Waals surface area contributed by atoms with Gasteiger partial charge in [-0.1, -0.05) is 12.0 Å². The second-order valence-electron chi connectivity index (χ2n) is 1.37. The van der Waals surface area contributed by atoms with Crippen LogP contribution in [0.25, 0.3) is 0 Å². The number of rotatable bonds is 2. The van der Waals surface area contributed by atoms with E-state index in [4.69, 9.17) is 5.11 Å². The molecule has 0 unspecified atom stereocenters. The third-order valence-electron chi connectivity index (χ3n) is 0.657. The van der Waals surface area contributed by atoms with Gasteiger partial charge < -0.3 is 5.11 Å². The average molecular weight is 124 g/mol. The van der Waals surface area contributed by atoms with Crippen molar-refractivity contribution in [1.29, 1.82) is 0 Å². The number of hydrogen-bond acceptors (Lipinski definition) is 1. The molecule has 0 saturated carbocycles. The molecular weight excluding hydrogens is 116 g/mol. The van der Waals surface area contributed by atoms with Crippen molar-refractivity contribution in [3.05, 3.63) is 12.2 Å². The lowest BCUT2D eigenvalue weighted by molar-refractivity contribution is -0.131. The quantitative estimate of drug-likeness (QED) is 0.441. The van der Waals surface area contributed by atoms with Crippen LogP contribution in [-0.4, -0.2) is 11.1 Å². The zero-order valence-electron chi connectivity index (χ0n) is 5.22. The van der Waals surface area contributed by atoms with Crippen molar-refractivity contribution in [2.75, 3.05) is 0 Å². The molecule has 0 rings (SSSR count). The normalized spacial score (nSPS) is 8.56. The van der Waals surface area contributed by atoms with E-state index >= 15 is 0 Å². The molecule has 0 radical (unpaired) electrons. The highest BCUT2D eigenvalue weighted by molar-refractivity contribution is 5.79. The molecule has 0 aliphatic carbocycles. The van der Waals surface area contributed by atoms with E-state index in [1.165, 1.54) is 6.08 Å². The smallest absolute Gasteiger partial charge is 0.328 e. The maximum Gasteiger partial charge on any atom is 0.328 e. The van der Waals surface area contributed by atoms with E-state index in [0.717, 1.165) is 6.08 Å². The van der Waals surface area contributed by atoms with Crippen LogP contribution in [0.4, 0.5) is 0 Å². The molecule has 2 heteroatoms. The van der Waals surface area contributed by atoms with Gasteiger partial charge in [0.1, 0.15) is 0 Å². The lowest BCUT2D eigenvalue weighted by atomic mass is 10.4. The maximum atomic E-state index is 9.83. The Hall–Kier alpha value is -1.23. The summed E-state index contributed by atoms with van der Waals surface area (Å²) in [6, 6.07) is 0. The molecule has 0 heterocycles. The molecule has 0 atom stereocenters. The maximum absolute atomic E-state index is 9.83. The van der Waals surface area contributed by atoms with Crippen molar-refractivity contribution < 1.29 is 9.90 Å². The molecule has 9 heavy (non-hydrogen) atoms.